The fourth-order valence-corrected chi connectivity index (χ4v) is 6.83. The van der Waals surface area contributed by atoms with Gasteiger partial charge < -0.3 is 25.2 Å². The van der Waals surface area contributed by atoms with Gasteiger partial charge in [0, 0.05) is 26.4 Å². The second-order valence-electron chi connectivity index (χ2n) is 10.6. The van der Waals surface area contributed by atoms with Crippen LogP contribution in [-0.4, -0.2) is 71.8 Å². The van der Waals surface area contributed by atoms with Crippen LogP contribution in [0.15, 0.2) is 60.8 Å². The molecule has 2 atom stereocenters. The Bertz CT molecular complexity index is 1710. The number of para-hydroxylation sites is 1. The number of hydrogen-bond donors (Lipinski definition) is 2. The Hall–Kier alpha value is -4.52. The number of aliphatic hydroxyl groups excluding tert-OH is 1. The van der Waals surface area contributed by atoms with E-state index >= 15 is 0 Å². The average molecular weight is 602 g/mol. The summed E-state index contributed by atoms with van der Waals surface area (Å²) >= 11 is 1.14. The fraction of sp³-hybridized carbons (Fsp3) is 0.290. The van der Waals surface area contributed by atoms with Gasteiger partial charge in [0.2, 0.25) is 0 Å². The molecule has 0 saturated carbocycles. The molecular weight excluding hydrogens is 570 g/mol. The van der Waals surface area contributed by atoms with Crippen LogP contribution >= 0.6 is 11.3 Å². The van der Waals surface area contributed by atoms with Gasteiger partial charge in [-0.2, -0.15) is 0 Å². The van der Waals surface area contributed by atoms with Gasteiger partial charge in [-0.05, 0) is 61.7 Å². The Labute approximate surface area is 252 Å². The lowest BCUT2D eigenvalue weighted by Crippen LogP contribution is -2.57. The van der Waals surface area contributed by atoms with Gasteiger partial charge in [0.15, 0.2) is 6.10 Å². The molecule has 0 aliphatic carbocycles. The van der Waals surface area contributed by atoms with Crippen molar-refractivity contribution < 1.29 is 29.0 Å². The first kappa shape index (κ1) is 28.6. The molecule has 1 fully saturated rings. The lowest BCUT2D eigenvalue weighted by molar-refractivity contribution is -0.143. The molecule has 11 nitrogen and oxygen atoms in total. The Balaban J connectivity index is 1.43. The Morgan fingerprint density at radius 1 is 1.14 bits per heavy atom. The van der Waals surface area contributed by atoms with Crippen molar-refractivity contribution in [3.8, 4) is 11.5 Å². The van der Waals surface area contributed by atoms with Crippen molar-refractivity contribution in [2.45, 2.75) is 31.9 Å². The van der Waals surface area contributed by atoms with Crippen molar-refractivity contribution in [2.24, 2.45) is 5.73 Å². The smallest absolute Gasteiger partial charge is 0.334 e. The summed E-state index contributed by atoms with van der Waals surface area (Å²) in [6.07, 6.45) is 1.48. The number of piperidine rings is 1. The summed E-state index contributed by atoms with van der Waals surface area (Å²) in [5.41, 5.74) is 8.26. The molecule has 2 aliphatic heterocycles. The molecule has 2 aromatic carbocycles. The van der Waals surface area contributed by atoms with E-state index in [1.54, 1.807) is 27.0 Å². The van der Waals surface area contributed by atoms with Crippen LogP contribution < -0.4 is 20.3 Å². The number of benzene rings is 2. The highest BCUT2D eigenvalue weighted by Crippen LogP contribution is 2.50. The summed E-state index contributed by atoms with van der Waals surface area (Å²) in [4.78, 5) is 50.4. The molecule has 0 bridgehead atoms. The molecule has 4 aromatic rings. The number of pyridine rings is 1. The van der Waals surface area contributed by atoms with Crippen molar-refractivity contribution in [1.82, 2.24) is 9.88 Å². The van der Waals surface area contributed by atoms with Gasteiger partial charge in [0.1, 0.15) is 21.2 Å². The standard InChI is InChI=1S/C31H31N5O6S/c1-18-15-21(42-20-8-4-3-5-9-20)10-11-22(18)36-23-12-13-33-29-25(23)26(27(43-29)28(32)38)35(31(36)40)19-7-6-14-34(16-19)30(39)24(37)17-41-2/h3-5,8-13,15,19,24,37H,6-7,14,16-17H2,1-2H3,(H2,32,38)/t19-,24-/m1/s1. The zero-order chi connectivity index (χ0) is 30.2. The number of carbonyl (C=O) groups excluding carboxylic acids is 3. The number of primary amides is 1. The second kappa shape index (κ2) is 11.6. The number of carbonyl (C=O) groups is 3. The van der Waals surface area contributed by atoms with Crippen molar-refractivity contribution >= 4 is 56.5 Å². The maximum Gasteiger partial charge on any atom is 0.334 e. The van der Waals surface area contributed by atoms with Gasteiger partial charge in [0.25, 0.3) is 11.8 Å². The van der Waals surface area contributed by atoms with E-state index in [0.29, 0.717) is 58.2 Å². The molecule has 0 unspecified atom stereocenters. The van der Waals surface area contributed by atoms with Crippen LogP contribution in [0, 0.1) is 6.92 Å². The quantitative estimate of drug-likeness (QED) is 0.302. The van der Waals surface area contributed by atoms with Crippen LogP contribution in [0.5, 0.6) is 11.5 Å². The number of aromatic nitrogens is 1. The zero-order valence-corrected chi connectivity index (χ0v) is 24.5. The normalized spacial score (nSPS) is 17.3. The number of likely N-dealkylation sites (tertiary alicyclic amines) is 1. The van der Waals surface area contributed by atoms with E-state index in [1.807, 2.05) is 55.5 Å². The highest BCUT2D eigenvalue weighted by atomic mass is 32.1. The number of urea groups is 1. The van der Waals surface area contributed by atoms with E-state index in [9.17, 15) is 19.5 Å². The number of aliphatic hydroxyl groups is 1. The van der Waals surface area contributed by atoms with Gasteiger partial charge in [-0.25, -0.2) is 9.78 Å². The number of methoxy groups -OCH3 is 1. The molecule has 4 amide bonds. The van der Waals surface area contributed by atoms with Crippen molar-refractivity contribution in [3.63, 3.8) is 0 Å². The Morgan fingerprint density at radius 3 is 2.65 bits per heavy atom. The van der Waals surface area contributed by atoms with Crippen LogP contribution in [0.2, 0.25) is 0 Å². The number of nitrogens with two attached hydrogens (primary N) is 1. The maximum absolute atomic E-state index is 14.6. The van der Waals surface area contributed by atoms with E-state index in [2.05, 4.69) is 4.98 Å². The third kappa shape index (κ3) is 5.18. The summed E-state index contributed by atoms with van der Waals surface area (Å²) < 4.78 is 11.0. The molecule has 43 heavy (non-hydrogen) atoms. The van der Waals surface area contributed by atoms with E-state index in [-0.39, 0.29) is 24.1 Å². The minimum atomic E-state index is -1.31. The molecular formula is C31H31N5O6S. The number of aryl methyl sites for hydroxylation is 1. The molecule has 0 spiro atoms. The fourth-order valence-electron chi connectivity index (χ4n) is 5.83. The van der Waals surface area contributed by atoms with Gasteiger partial charge in [0.05, 0.1) is 35.1 Å². The summed E-state index contributed by atoms with van der Waals surface area (Å²) in [6, 6.07) is 15.8. The number of ether oxygens (including phenoxy) is 2. The van der Waals surface area contributed by atoms with Crippen LogP contribution in [0.25, 0.3) is 10.2 Å². The molecule has 3 N–H and O–H groups in total. The van der Waals surface area contributed by atoms with E-state index in [1.165, 1.54) is 7.11 Å². The molecule has 0 radical (unpaired) electrons. The average Bonchev–Trinajstić information content (AvgIpc) is 3.39. The molecule has 12 heteroatoms. The van der Waals surface area contributed by atoms with Crippen molar-refractivity contribution in [1.29, 1.82) is 0 Å². The molecule has 1 saturated heterocycles. The van der Waals surface area contributed by atoms with Crippen LogP contribution in [0.1, 0.15) is 28.1 Å². The summed E-state index contributed by atoms with van der Waals surface area (Å²) in [6.45, 7) is 2.38. The number of thiophene rings is 1. The van der Waals surface area contributed by atoms with Gasteiger partial charge >= 0.3 is 6.03 Å². The Kier molecular flexibility index (Phi) is 7.74. The number of rotatable bonds is 8. The monoisotopic (exact) mass is 601 g/mol. The molecule has 2 aliphatic rings. The van der Waals surface area contributed by atoms with Crippen molar-refractivity contribution in [2.75, 3.05) is 36.6 Å². The SMILES string of the molecule is COC[C@@H](O)C(=O)N1CCC[C@@H](N2C(=O)N(c3ccc(Oc4ccccc4)cc3C)c3ccnc4sc(C(N)=O)c2c34)C1. The van der Waals surface area contributed by atoms with Crippen LogP contribution in [0.3, 0.4) is 0 Å². The van der Waals surface area contributed by atoms with Crippen LogP contribution in [-0.2, 0) is 9.53 Å². The number of hydrogen-bond acceptors (Lipinski definition) is 8. The molecule has 4 heterocycles. The summed E-state index contributed by atoms with van der Waals surface area (Å²) in [7, 11) is 1.41. The van der Waals surface area contributed by atoms with Crippen molar-refractivity contribution in [3.05, 3.63) is 71.2 Å². The van der Waals surface area contributed by atoms with E-state index in [4.69, 9.17) is 15.2 Å². The first-order valence-electron chi connectivity index (χ1n) is 13.9. The lowest BCUT2D eigenvalue weighted by atomic mass is 10.00. The van der Waals surface area contributed by atoms with Gasteiger partial charge in [-0.1, -0.05) is 18.2 Å². The molecule has 222 valence electrons. The highest BCUT2D eigenvalue weighted by Gasteiger charge is 2.43. The molecule has 2 aromatic heterocycles. The number of amides is 4. The predicted octanol–water partition coefficient (Wildman–Crippen LogP) is 4.57. The predicted molar refractivity (Wildman–Crippen MR) is 163 cm³/mol. The first-order chi connectivity index (χ1) is 20.8. The Morgan fingerprint density at radius 2 is 1.93 bits per heavy atom. The third-order valence-electron chi connectivity index (χ3n) is 7.72. The van der Waals surface area contributed by atoms with E-state index in [0.717, 1.165) is 16.9 Å². The topological polar surface area (TPSA) is 139 Å². The number of anilines is 3. The van der Waals surface area contributed by atoms with E-state index < -0.39 is 24.0 Å². The minimum absolute atomic E-state index is 0.129. The summed E-state index contributed by atoms with van der Waals surface area (Å²) in [5.74, 6) is 0.190. The zero-order valence-electron chi connectivity index (χ0n) is 23.7. The summed E-state index contributed by atoms with van der Waals surface area (Å²) in [5, 5.41) is 11.0. The maximum atomic E-state index is 14.6. The third-order valence-corrected chi connectivity index (χ3v) is 8.82. The second-order valence-corrected chi connectivity index (χ2v) is 11.6. The highest BCUT2D eigenvalue weighted by molar-refractivity contribution is 7.21. The minimum Gasteiger partial charge on any atom is -0.457 e. The van der Waals surface area contributed by atoms with Gasteiger partial charge in [-0.15, -0.1) is 11.3 Å². The first-order valence-corrected chi connectivity index (χ1v) is 14.7. The molecule has 6 rings (SSSR count). The van der Waals surface area contributed by atoms with Gasteiger partial charge in [-0.3, -0.25) is 19.4 Å². The van der Waals surface area contributed by atoms with Crippen LogP contribution in [0.4, 0.5) is 21.9 Å². The largest absolute Gasteiger partial charge is 0.457 e. The lowest BCUT2D eigenvalue weighted by Gasteiger charge is -2.44. The number of nitrogens with zero attached hydrogens (tertiary/aromatic N) is 4.